The molecule has 2 N–H and O–H groups in total. The van der Waals surface area contributed by atoms with Crippen molar-refractivity contribution >= 4 is 5.69 Å². The highest BCUT2D eigenvalue weighted by molar-refractivity contribution is 5.46. The molecule has 112 valence electrons. The van der Waals surface area contributed by atoms with Gasteiger partial charge in [0.15, 0.2) is 5.75 Å². The largest absolute Gasteiger partial charge is 0.484 e. The van der Waals surface area contributed by atoms with E-state index in [4.69, 9.17) is 4.74 Å². The fourth-order valence-corrected chi connectivity index (χ4v) is 1.57. The van der Waals surface area contributed by atoms with Crippen LogP contribution >= 0.6 is 0 Å². The Labute approximate surface area is 116 Å². The van der Waals surface area contributed by atoms with Crippen molar-refractivity contribution < 1.29 is 19.2 Å². The third kappa shape index (κ3) is 5.10. The molecular formula is C13H19FN2O4. The second-order valence-electron chi connectivity index (χ2n) is 4.83. The summed E-state index contributed by atoms with van der Waals surface area (Å²) in [5.74, 6) is -0.819. The van der Waals surface area contributed by atoms with Crippen molar-refractivity contribution in [2.45, 2.75) is 25.9 Å². The zero-order valence-electron chi connectivity index (χ0n) is 11.6. The van der Waals surface area contributed by atoms with Crippen LogP contribution in [0.2, 0.25) is 0 Å². The molecule has 1 aromatic rings. The summed E-state index contributed by atoms with van der Waals surface area (Å²) in [5, 5.41) is 23.9. The van der Waals surface area contributed by atoms with Crippen molar-refractivity contribution in [1.29, 1.82) is 0 Å². The van der Waals surface area contributed by atoms with Gasteiger partial charge in [0.05, 0.1) is 4.92 Å². The Kier molecular flexibility index (Phi) is 5.84. The lowest BCUT2D eigenvalue weighted by Gasteiger charge is -2.23. The lowest BCUT2D eigenvalue weighted by molar-refractivity contribution is -0.386. The predicted molar refractivity (Wildman–Crippen MR) is 72.3 cm³/mol. The van der Waals surface area contributed by atoms with Crippen molar-refractivity contribution in [2.75, 3.05) is 19.7 Å². The summed E-state index contributed by atoms with van der Waals surface area (Å²) in [5.41, 5.74) is -1.53. The zero-order valence-corrected chi connectivity index (χ0v) is 11.6. The van der Waals surface area contributed by atoms with E-state index in [1.165, 1.54) is 0 Å². The van der Waals surface area contributed by atoms with E-state index < -0.39 is 16.3 Å². The van der Waals surface area contributed by atoms with Gasteiger partial charge in [-0.2, -0.15) is 0 Å². The van der Waals surface area contributed by atoms with Crippen LogP contribution in [0.5, 0.6) is 5.75 Å². The maximum Gasteiger partial charge on any atom is 0.311 e. The molecule has 0 aromatic heterocycles. The van der Waals surface area contributed by atoms with Crippen molar-refractivity contribution in [3.05, 3.63) is 34.1 Å². The van der Waals surface area contributed by atoms with Crippen LogP contribution in [0.25, 0.3) is 0 Å². The summed E-state index contributed by atoms with van der Waals surface area (Å²) in [6.07, 6.45) is 0.923. The van der Waals surface area contributed by atoms with Gasteiger partial charge < -0.3 is 15.2 Å². The highest BCUT2D eigenvalue weighted by atomic mass is 19.1. The first kappa shape index (κ1) is 16.3. The van der Waals surface area contributed by atoms with Gasteiger partial charge in [0.2, 0.25) is 0 Å². The first-order valence-corrected chi connectivity index (χ1v) is 6.35. The van der Waals surface area contributed by atoms with Gasteiger partial charge in [-0.05, 0) is 26.0 Å². The summed E-state index contributed by atoms with van der Waals surface area (Å²) < 4.78 is 18.3. The number of aliphatic hydroxyl groups is 1. The molecule has 1 unspecified atom stereocenters. The molecule has 0 fully saturated rings. The number of ether oxygens (including phenoxy) is 1. The number of halogens is 1. The molecule has 0 spiro atoms. The van der Waals surface area contributed by atoms with Gasteiger partial charge in [-0.3, -0.25) is 10.1 Å². The van der Waals surface area contributed by atoms with Crippen LogP contribution < -0.4 is 10.1 Å². The van der Waals surface area contributed by atoms with E-state index in [1.54, 1.807) is 6.92 Å². The lowest BCUT2D eigenvalue weighted by atomic mass is 10.1. The Morgan fingerprint density at radius 2 is 2.25 bits per heavy atom. The molecule has 0 aliphatic carbocycles. The molecule has 1 atom stereocenters. The predicted octanol–water partition coefficient (Wildman–Crippen LogP) is 1.86. The molecule has 6 nitrogen and oxygen atoms in total. The van der Waals surface area contributed by atoms with E-state index in [2.05, 4.69) is 5.32 Å². The fourth-order valence-electron chi connectivity index (χ4n) is 1.57. The maximum atomic E-state index is 13.1. The van der Waals surface area contributed by atoms with E-state index in [-0.39, 0.29) is 24.6 Å². The molecule has 1 aromatic carbocycles. The standard InChI is InChI=1S/C13H19FN2O4/c1-3-6-15-8-13(2,17)9-20-12-7-10(14)4-5-11(12)16(18)19/h4-5,7,15,17H,3,6,8-9H2,1-2H3. The van der Waals surface area contributed by atoms with E-state index >= 15 is 0 Å². The van der Waals surface area contributed by atoms with E-state index in [1.807, 2.05) is 6.92 Å². The first-order chi connectivity index (χ1) is 9.35. The maximum absolute atomic E-state index is 13.1. The molecule has 0 amide bonds. The smallest absolute Gasteiger partial charge is 0.311 e. The van der Waals surface area contributed by atoms with Gasteiger partial charge in [0.1, 0.15) is 18.0 Å². The van der Waals surface area contributed by atoms with Crippen molar-refractivity contribution in [3.63, 3.8) is 0 Å². The minimum Gasteiger partial charge on any atom is -0.484 e. The van der Waals surface area contributed by atoms with Crippen LogP contribution in [-0.4, -0.2) is 35.3 Å². The van der Waals surface area contributed by atoms with Crippen molar-refractivity contribution in [2.24, 2.45) is 0 Å². The summed E-state index contributed by atoms with van der Waals surface area (Å²) in [6.45, 7) is 4.39. The number of benzene rings is 1. The average molecular weight is 286 g/mol. The first-order valence-electron chi connectivity index (χ1n) is 6.35. The molecule has 0 heterocycles. The van der Waals surface area contributed by atoms with Gasteiger partial charge in [0.25, 0.3) is 0 Å². The zero-order chi connectivity index (χ0) is 15.2. The fraction of sp³-hybridized carbons (Fsp3) is 0.538. The molecular weight excluding hydrogens is 267 g/mol. The van der Waals surface area contributed by atoms with Gasteiger partial charge in [0, 0.05) is 18.7 Å². The minimum atomic E-state index is -1.20. The van der Waals surface area contributed by atoms with Crippen LogP contribution in [0.4, 0.5) is 10.1 Å². The van der Waals surface area contributed by atoms with Crippen LogP contribution in [0.1, 0.15) is 20.3 Å². The molecule has 0 aliphatic rings. The summed E-state index contributed by atoms with van der Waals surface area (Å²) in [6, 6.07) is 2.97. The SMILES string of the molecule is CCCNCC(C)(O)COc1cc(F)ccc1[N+](=O)[O-]. The number of hydrogen-bond donors (Lipinski definition) is 2. The van der Waals surface area contributed by atoms with Crippen LogP contribution in [-0.2, 0) is 0 Å². The van der Waals surface area contributed by atoms with Crippen molar-refractivity contribution in [3.8, 4) is 5.75 Å². The summed E-state index contributed by atoms with van der Waals surface area (Å²) in [4.78, 5) is 10.1. The third-order valence-corrected chi connectivity index (χ3v) is 2.59. The molecule has 0 bridgehead atoms. The number of hydrogen-bond acceptors (Lipinski definition) is 5. The number of nitrogens with zero attached hydrogens (tertiary/aromatic N) is 1. The Hall–Kier alpha value is -1.73. The third-order valence-electron chi connectivity index (χ3n) is 2.59. The summed E-state index contributed by atoms with van der Waals surface area (Å²) in [7, 11) is 0. The highest BCUT2D eigenvalue weighted by Gasteiger charge is 2.23. The second kappa shape index (κ2) is 7.16. The Morgan fingerprint density at radius 1 is 1.55 bits per heavy atom. The van der Waals surface area contributed by atoms with Gasteiger partial charge in [-0.15, -0.1) is 0 Å². The number of nitro groups is 1. The normalized spacial score (nSPS) is 13.8. The average Bonchev–Trinajstić information content (AvgIpc) is 2.36. The molecule has 0 saturated heterocycles. The van der Waals surface area contributed by atoms with E-state index in [0.29, 0.717) is 0 Å². The molecule has 1 rings (SSSR count). The topological polar surface area (TPSA) is 84.6 Å². The molecule has 7 heteroatoms. The molecule has 20 heavy (non-hydrogen) atoms. The van der Waals surface area contributed by atoms with Crippen LogP contribution in [0, 0.1) is 15.9 Å². The van der Waals surface area contributed by atoms with E-state index in [9.17, 15) is 19.6 Å². The molecule has 0 radical (unpaired) electrons. The van der Waals surface area contributed by atoms with Crippen molar-refractivity contribution in [1.82, 2.24) is 5.32 Å². The Balaban J connectivity index is 2.68. The molecule has 0 aliphatic heterocycles. The molecule has 0 saturated carbocycles. The van der Waals surface area contributed by atoms with E-state index in [0.717, 1.165) is 31.2 Å². The monoisotopic (exact) mass is 286 g/mol. The second-order valence-corrected chi connectivity index (χ2v) is 4.83. The highest BCUT2D eigenvalue weighted by Crippen LogP contribution is 2.28. The van der Waals surface area contributed by atoms with Crippen LogP contribution in [0.15, 0.2) is 18.2 Å². The van der Waals surface area contributed by atoms with Gasteiger partial charge >= 0.3 is 5.69 Å². The quantitative estimate of drug-likeness (QED) is 0.433. The number of nitro benzene ring substituents is 1. The Morgan fingerprint density at radius 3 is 2.85 bits per heavy atom. The van der Waals surface area contributed by atoms with Gasteiger partial charge in [-0.25, -0.2) is 4.39 Å². The summed E-state index contributed by atoms with van der Waals surface area (Å²) >= 11 is 0. The Bertz CT molecular complexity index is 466. The minimum absolute atomic E-state index is 0.173. The van der Waals surface area contributed by atoms with Crippen LogP contribution in [0.3, 0.4) is 0 Å². The number of rotatable bonds is 8. The number of nitrogens with one attached hydrogen (secondary N) is 1. The van der Waals surface area contributed by atoms with Gasteiger partial charge in [-0.1, -0.05) is 6.92 Å². The lowest BCUT2D eigenvalue weighted by Crippen LogP contribution is -2.43.